The van der Waals surface area contributed by atoms with E-state index in [1.54, 1.807) is 17.4 Å². The van der Waals surface area contributed by atoms with Crippen LogP contribution in [-0.2, 0) is 12.8 Å². The van der Waals surface area contributed by atoms with Gasteiger partial charge in [0.05, 0.1) is 16.8 Å². The molecule has 0 spiro atoms. The number of guanidine groups is 1. The number of hydrogen-bond acceptors (Lipinski definition) is 7. The first-order valence-corrected chi connectivity index (χ1v) is 12.7. The number of phenolic OH excluding ortho intramolecular Hbond substituents is 1. The molecule has 6 nitrogen and oxygen atoms in total. The number of aromatic hydroxyl groups is 1. The van der Waals surface area contributed by atoms with E-state index in [-0.39, 0.29) is 17.8 Å². The number of phenols is 1. The molecule has 2 aliphatic rings. The quantitative estimate of drug-likeness (QED) is 0.300. The van der Waals surface area contributed by atoms with Crippen molar-refractivity contribution in [2.24, 2.45) is 4.99 Å². The highest BCUT2D eigenvalue weighted by molar-refractivity contribution is 7.22. The molecular formula is C28H27N5OS. The molecule has 35 heavy (non-hydrogen) atoms. The number of para-hydroxylation sites is 1. The molecule has 2 unspecified atom stereocenters. The molecule has 0 fully saturated rings. The van der Waals surface area contributed by atoms with Crippen molar-refractivity contribution < 1.29 is 5.11 Å². The number of thiazole rings is 1. The Hall–Kier alpha value is -3.84. The fourth-order valence-corrected chi connectivity index (χ4v) is 5.97. The van der Waals surface area contributed by atoms with Crippen LogP contribution in [-0.4, -0.2) is 40.1 Å². The maximum Gasteiger partial charge on any atom is 0.199 e. The summed E-state index contributed by atoms with van der Waals surface area (Å²) in [5.41, 5.74) is 5.72. The molecule has 176 valence electrons. The van der Waals surface area contributed by atoms with Crippen molar-refractivity contribution >= 4 is 38.3 Å². The van der Waals surface area contributed by atoms with Gasteiger partial charge in [-0.25, -0.2) is 9.98 Å². The van der Waals surface area contributed by atoms with Gasteiger partial charge in [-0.1, -0.05) is 59.9 Å². The zero-order valence-corrected chi connectivity index (χ0v) is 20.1. The van der Waals surface area contributed by atoms with Crippen molar-refractivity contribution in [1.29, 1.82) is 0 Å². The van der Waals surface area contributed by atoms with Crippen molar-refractivity contribution in [1.82, 2.24) is 9.88 Å². The lowest BCUT2D eigenvalue weighted by atomic mass is 10.1. The molecule has 1 aromatic heterocycles. The summed E-state index contributed by atoms with van der Waals surface area (Å²) in [6.07, 6.45) is 3.82. The lowest BCUT2D eigenvalue weighted by Gasteiger charge is -2.27. The molecule has 2 heterocycles. The van der Waals surface area contributed by atoms with Crippen LogP contribution >= 0.6 is 11.3 Å². The van der Waals surface area contributed by atoms with Crippen LogP contribution in [0.25, 0.3) is 10.2 Å². The van der Waals surface area contributed by atoms with Crippen molar-refractivity contribution in [2.45, 2.75) is 24.9 Å². The Labute approximate surface area is 208 Å². The lowest BCUT2D eigenvalue weighted by molar-refractivity contribution is 0.351. The van der Waals surface area contributed by atoms with Crippen molar-refractivity contribution in [3.63, 3.8) is 0 Å². The Morgan fingerprint density at radius 3 is 2.77 bits per heavy atom. The van der Waals surface area contributed by atoms with E-state index in [2.05, 4.69) is 75.6 Å². The Balaban J connectivity index is 1.09. The van der Waals surface area contributed by atoms with E-state index in [1.165, 1.54) is 16.7 Å². The third-order valence-electron chi connectivity index (χ3n) is 6.69. The molecule has 6 rings (SSSR count). The maximum atomic E-state index is 9.95. The Kier molecular flexibility index (Phi) is 5.62. The molecule has 1 aliphatic carbocycles. The average Bonchev–Trinajstić information content (AvgIpc) is 3.54. The molecule has 2 atom stereocenters. The molecular weight excluding hydrogens is 454 g/mol. The molecule has 1 aliphatic heterocycles. The third kappa shape index (κ3) is 4.12. The molecule has 7 heteroatoms. The van der Waals surface area contributed by atoms with Crippen LogP contribution in [0.1, 0.15) is 22.7 Å². The Morgan fingerprint density at radius 2 is 1.94 bits per heavy atom. The SMILES string of the molecule is C=CCN1C(Nc2ccc(CCNc3nc4c(O)cccc4s3)cc2)=NC2Cc3ccccc3C21. The van der Waals surface area contributed by atoms with Crippen LogP contribution < -0.4 is 10.6 Å². The summed E-state index contributed by atoms with van der Waals surface area (Å²) >= 11 is 1.56. The summed E-state index contributed by atoms with van der Waals surface area (Å²) in [5.74, 6) is 1.14. The van der Waals surface area contributed by atoms with Gasteiger partial charge in [-0.2, -0.15) is 0 Å². The van der Waals surface area contributed by atoms with Crippen LogP contribution in [0.4, 0.5) is 10.8 Å². The lowest BCUT2D eigenvalue weighted by Crippen LogP contribution is -2.35. The van der Waals surface area contributed by atoms with Gasteiger partial charge in [0.15, 0.2) is 11.1 Å². The van der Waals surface area contributed by atoms with E-state index in [0.717, 1.165) is 47.4 Å². The molecule has 0 amide bonds. The fraction of sp³-hybridized carbons (Fsp3) is 0.214. The van der Waals surface area contributed by atoms with Gasteiger partial charge in [-0.3, -0.25) is 0 Å². The van der Waals surface area contributed by atoms with E-state index in [4.69, 9.17) is 4.99 Å². The number of nitrogens with one attached hydrogen (secondary N) is 2. The Bertz CT molecular complexity index is 1410. The van der Waals surface area contributed by atoms with E-state index in [0.29, 0.717) is 5.52 Å². The summed E-state index contributed by atoms with van der Waals surface area (Å²) in [5, 5.41) is 17.7. The van der Waals surface area contributed by atoms with Gasteiger partial charge in [-0.05, 0) is 53.8 Å². The number of anilines is 2. The summed E-state index contributed by atoms with van der Waals surface area (Å²) in [7, 11) is 0. The van der Waals surface area contributed by atoms with Crippen LogP contribution in [0.2, 0.25) is 0 Å². The van der Waals surface area contributed by atoms with Crippen LogP contribution in [0, 0.1) is 0 Å². The molecule has 0 saturated heterocycles. The van der Waals surface area contributed by atoms with Crippen LogP contribution in [0.5, 0.6) is 5.75 Å². The van der Waals surface area contributed by atoms with Gasteiger partial charge in [0, 0.05) is 18.8 Å². The highest BCUT2D eigenvalue weighted by Gasteiger charge is 2.42. The number of hydrogen-bond donors (Lipinski definition) is 3. The number of nitrogens with zero attached hydrogens (tertiary/aromatic N) is 3. The summed E-state index contributed by atoms with van der Waals surface area (Å²) in [6, 6.07) is 23.2. The first-order valence-electron chi connectivity index (χ1n) is 11.9. The zero-order chi connectivity index (χ0) is 23.8. The van der Waals surface area contributed by atoms with Crippen molar-refractivity contribution in [3.8, 4) is 5.75 Å². The van der Waals surface area contributed by atoms with Crippen LogP contribution in [0.3, 0.4) is 0 Å². The minimum atomic E-state index is 0.223. The number of rotatable bonds is 7. The normalized spacial score (nSPS) is 18.3. The van der Waals surface area contributed by atoms with Gasteiger partial charge in [0.2, 0.25) is 0 Å². The van der Waals surface area contributed by atoms with Gasteiger partial charge < -0.3 is 20.6 Å². The van der Waals surface area contributed by atoms with E-state index in [9.17, 15) is 5.11 Å². The molecule has 3 aromatic carbocycles. The molecule has 0 saturated carbocycles. The largest absolute Gasteiger partial charge is 0.506 e. The maximum absolute atomic E-state index is 9.95. The van der Waals surface area contributed by atoms with E-state index >= 15 is 0 Å². The topological polar surface area (TPSA) is 72.8 Å². The second-order valence-electron chi connectivity index (χ2n) is 8.95. The van der Waals surface area contributed by atoms with Gasteiger partial charge in [0.1, 0.15) is 11.3 Å². The van der Waals surface area contributed by atoms with Crippen LogP contribution in [0.15, 0.2) is 84.4 Å². The van der Waals surface area contributed by atoms with Gasteiger partial charge in [0.25, 0.3) is 0 Å². The highest BCUT2D eigenvalue weighted by atomic mass is 32.1. The van der Waals surface area contributed by atoms with Crippen molar-refractivity contribution in [3.05, 3.63) is 96.1 Å². The fourth-order valence-electron chi connectivity index (χ4n) is 5.06. The monoisotopic (exact) mass is 481 g/mol. The first-order chi connectivity index (χ1) is 17.2. The number of aliphatic imine (C=N–C) groups is 1. The Morgan fingerprint density at radius 1 is 1.09 bits per heavy atom. The van der Waals surface area contributed by atoms with Gasteiger partial charge >= 0.3 is 0 Å². The smallest absolute Gasteiger partial charge is 0.199 e. The summed E-state index contributed by atoms with van der Waals surface area (Å²) in [6.45, 7) is 5.50. The second kappa shape index (κ2) is 9.07. The molecule has 3 N–H and O–H groups in total. The second-order valence-corrected chi connectivity index (χ2v) is 9.98. The minimum Gasteiger partial charge on any atom is -0.506 e. The number of aromatic nitrogens is 1. The summed E-state index contributed by atoms with van der Waals surface area (Å²) < 4.78 is 0.982. The molecule has 0 radical (unpaired) electrons. The van der Waals surface area contributed by atoms with E-state index in [1.807, 2.05) is 18.2 Å². The standard InChI is InChI=1S/C28H27N5OS/c1-2-16-33-26-21-7-4-3-6-19(21)17-22(26)31-27(33)30-20-12-10-18(11-13-20)14-15-29-28-32-25-23(34)8-5-9-24(25)35-28/h2-13,22,26,34H,1,14-17H2,(H,29,32)(H,30,31). The third-order valence-corrected chi connectivity index (χ3v) is 7.66. The molecule has 0 bridgehead atoms. The zero-order valence-electron chi connectivity index (χ0n) is 19.3. The predicted octanol–water partition coefficient (Wildman–Crippen LogP) is 5.59. The van der Waals surface area contributed by atoms with Gasteiger partial charge in [-0.15, -0.1) is 6.58 Å². The number of benzene rings is 3. The van der Waals surface area contributed by atoms with E-state index < -0.39 is 0 Å². The molecule has 4 aromatic rings. The minimum absolute atomic E-state index is 0.223. The first kappa shape index (κ1) is 21.7. The predicted molar refractivity (Wildman–Crippen MR) is 145 cm³/mol. The summed E-state index contributed by atoms with van der Waals surface area (Å²) in [4.78, 5) is 11.9. The number of fused-ring (bicyclic) bond motifs is 4. The average molecular weight is 482 g/mol. The van der Waals surface area contributed by atoms with Crippen molar-refractivity contribution in [2.75, 3.05) is 23.7 Å². The highest BCUT2D eigenvalue weighted by Crippen LogP contribution is 2.41.